The molecular formula is C15H19ClN4. The van der Waals surface area contributed by atoms with E-state index < -0.39 is 0 Å². The van der Waals surface area contributed by atoms with Gasteiger partial charge in [-0.2, -0.15) is 4.98 Å². The highest BCUT2D eigenvalue weighted by atomic mass is 35.5. The fourth-order valence-corrected chi connectivity index (χ4v) is 1.88. The van der Waals surface area contributed by atoms with Gasteiger partial charge in [0.1, 0.15) is 5.82 Å². The van der Waals surface area contributed by atoms with Gasteiger partial charge in [-0.3, -0.25) is 0 Å². The molecule has 0 bridgehead atoms. The fraction of sp³-hybridized carbons (Fsp3) is 0.333. The Kier molecular flexibility index (Phi) is 4.79. The third-order valence-electron chi connectivity index (χ3n) is 2.94. The molecule has 20 heavy (non-hydrogen) atoms. The van der Waals surface area contributed by atoms with Crippen molar-refractivity contribution in [2.75, 3.05) is 17.2 Å². The van der Waals surface area contributed by atoms with Gasteiger partial charge in [0.05, 0.1) is 0 Å². The second kappa shape index (κ2) is 6.57. The molecule has 0 spiro atoms. The van der Waals surface area contributed by atoms with Crippen molar-refractivity contribution in [2.45, 2.75) is 27.2 Å². The van der Waals surface area contributed by atoms with Crippen molar-refractivity contribution >= 4 is 29.1 Å². The van der Waals surface area contributed by atoms with Gasteiger partial charge in [-0.05, 0) is 38.0 Å². The summed E-state index contributed by atoms with van der Waals surface area (Å²) in [6, 6.07) is 5.87. The van der Waals surface area contributed by atoms with Crippen molar-refractivity contribution in [1.29, 1.82) is 0 Å². The monoisotopic (exact) mass is 290 g/mol. The molecule has 0 saturated carbocycles. The van der Waals surface area contributed by atoms with E-state index in [1.807, 2.05) is 38.2 Å². The minimum Gasteiger partial charge on any atom is -0.354 e. The zero-order chi connectivity index (χ0) is 14.5. The van der Waals surface area contributed by atoms with Crippen LogP contribution in [0.15, 0.2) is 24.4 Å². The van der Waals surface area contributed by atoms with Crippen LogP contribution in [0.25, 0.3) is 0 Å². The van der Waals surface area contributed by atoms with Crippen molar-refractivity contribution in [3.8, 4) is 0 Å². The van der Waals surface area contributed by atoms with Crippen molar-refractivity contribution in [2.24, 2.45) is 0 Å². The maximum atomic E-state index is 6.13. The van der Waals surface area contributed by atoms with Gasteiger partial charge in [-0.25, -0.2) is 4.98 Å². The van der Waals surface area contributed by atoms with Gasteiger partial charge >= 0.3 is 0 Å². The molecule has 2 aromatic rings. The lowest BCUT2D eigenvalue weighted by Gasteiger charge is -2.11. The lowest BCUT2D eigenvalue weighted by molar-refractivity contribution is 0.950. The van der Waals surface area contributed by atoms with E-state index in [1.54, 1.807) is 0 Å². The average molecular weight is 291 g/mol. The molecule has 0 unspecified atom stereocenters. The summed E-state index contributed by atoms with van der Waals surface area (Å²) >= 11 is 6.13. The number of hydrogen-bond acceptors (Lipinski definition) is 4. The van der Waals surface area contributed by atoms with E-state index in [0.29, 0.717) is 5.95 Å². The number of benzene rings is 1. The van der Waals surface area contributed by atoms with Crippen LogP contribution in [0.5, 0.6) is 0 Å². The Morgan fingerprint density at radius 2 is 2.00 bits per heavy atom. The first-order valence-corrected chi connectivity index (χ1v) is 7.08. The lowest BCUT2D eigenvalue weighted by atomic mass is 10.2. The van der Waals surface area contributed by atoms with Crippen LogP contribution in [0.1, 0.15) is 24.5 Å². The van der Waals surface area contributed by atoms with Crippen molar-refractivity contribution in [1.82, 2.24) is 9.97 Å². The van der Waals surface area contributed by atoms with Crippen LogP contribution in [-0.2, 0) is 0 Å². The normalized spacial score (nSPS) is 10.4. The van der Waals surface area contributed by atoms with Gasteiger partial charge in [0, 0.05) is 29.0 Å². The molecule has 1 aromatic heterocycles. The Morgan fingerprint density at radius 3 is 2.70 bits per heavy atom. The Hall–Kier alpha value is -1.81. The molecule has 106 valence electrons. The summed E-state index contributed by atoms with van der Waals surface area (Å²) in [6.45, 7) is 6.92. The van der Waals surface area contributed by atoms with Crippen LogP contribution >= 0.6 is 11.6 Å². The maximum Gasteiger partial charge on any atom is 0.224 e. The number of nitrogens with one attached hydrogen (secondary N) is 2. The molecular weight excluding hydrogens is 272 g/mol. The van der Waals surface area contributed by atoms with E-state index in [0.717, 1.165) is 40.6 Å². The number of aryl methyl sites for hydroxylation is 2. The van der Waals surface area contributed by atoms with E-state index in [9.17, 15) is 0 Å². The van der Waals surface area contributed by atoms with Gasteiger partial charge < -0.3 is 10.6 Å². The predicted octanol–water partition coefficient (Wildman–Crippen LogP) is 4.31. The molecule has 2 rings (SSSR count). The number of rotatable bonds is 5. The lowest BCUT2D eigenvalue weighted by Crippen LogP contribution is -2.06. The highest BCUT2D eigenvalue weighted by Crippen LogP contribution is 2.24. The summed E-state index contributed by atoms with van der Waals surface area (Å²) in [5.74, 6) is 1.43. The molecule has 0 aliphatic heterocycles. The fourth-order valence-electron chi connectivity index (χ4n) is 1.70. The third kappa shape index (κ3) is 3.61. The number of hydrogen-bond donors (Lipinski definition) is 2. The molecule has 1 aromatic carbocycles. The molecule has 2 N–H and O–H groups in total. The van der Waals surface area contributed by atoms with Gasteiger partial charge in [0.2, 0.25) is 5.95 Å². The van der Waals surface area contributed by atoms with Crippen LogP contribution < -0.4 is 10.6 Å². The number of nitrogens with zero attached hydrogens (tertiary/aromatic N) is 2. The average Bonchev–Trinajstić information content (AvgIpc) is 2.44. The van der Waals surface area contributed by atoms with Crippen LogP contribution in [0.4, 0.5) is 17.5 Å². The molecule has 0 radical (unpaired) electrons. The number of halogens is 1. The van der Waals surface area contributed by atoms with Gasteiger partial charge in [0.25, 0.3) is 0 Å². The van der Waals surface area contributed by atoms with Crippen LogP contribution in [-0.4, -0.2) is 16.5 Å². The molecule has 0 amide bonds. The molecule has 0 aliphatic rings. The smallest absolute Gasteiger partial charge is 0.224 e. The van der Waals surface area contributed by atoms with Crippen LogP contribution in [0.2, 0.25) is 5.02 Å². The van der Waals surface area contributed by atoms with Crippen LogP contribution in [0, 0.1) is 13.8 Å². The molecule has 0 atom stereocenters. The van der Waals surface area contributed by atoms with Gasteiger partial charge in [-0.1, -0.05) is 24.6 Å². The summed E-state index contributed by atoms with van der Waals surface area (Å²) in [5, 5.41) is 7.20. The molecule has 0 aliphatic carbocycles. The Morgan fingerprint density at radius 1 is 1.20 bits per heavy atom. The summed E-state index contributed by atoms with van der Waals surface area (Å²) in [6.07, 6.45) is 2.84. The van der Waals surface area contributed by atoms with Crippen LogP contribution in [0.3, 0.4) is 0 Å². The first-order valence-electron chi connectivity index (χ1n) is 6.71. The summed E-state index contributed by atoms with van der Waals surface area (Å²) in [7, 11) is 0. The summed E-state index contributed by atoms with van der Waals surface area (Å²) in [5.41, 5.74) is 2.97. The summed E-state index contributed by atoms with van der Waals surface area (Å²) < 4.78 is 0. The molecule has 5 heteroatoms. The Bertz CT molecular complexity index is 598. The maximum absolute atomic E-state index is 6.13. The second-order valence-electron chi connectivity index (χ2n) is 4.74. The topological polar surface area (TPSA) is 49.8 Å². The van der Waals surface area contributed by atoms with E-state index >= 15 is 0 Å². The third-order valence-corrected chi connectivity index (χ3v) is 3.35. The summed E-state index contributed by atoms with van der Waals surface area (Å²) in [4.78, 5) is 8.74. The minimum atomic E-state index is 0.637. The van der Waals surface area contributed by atoms with Crippen molar-refractivity contribution in [3.63, 3.8) is 0 Å². The Labute approximate surface area is 124 Å². The highest BCUT2D eigenvalue weighted by molar-refractivity contribution is 6.31. The molecule has 0 fully saturated rings. The number of anilines is 3. The molecule has 0 saturated heterocycles. The van der Waals surface area contributed by atoms with E-state index in [2.05, 4.69) is 27.5 Å². The van der Waals surface area contributed by atoms with E-state index in [4.69, 9.17) is 11.6 Å². The SMILES string of the molecule is CCCNc1ncc(C)c(Nc2ccc(C)c(Cl)c2)n1. The zero-order valence-electron chi connectivity index (χ0n) is 12.0. The first kappa shape index (κ1) is 14.6. The first-order chi connectivity index (χ1) is 9.60. The second-order valence-corrected chi connectivity index (χ2v) is 5.15. The Balaban J connectivity index is 2.20. The van der Waals surface area contributed by atoms with Crippen molar-refractivity contribution < 1.29 is 0 Å². The number of aromatic nitrogens is 2. The van der Waals surface area contributed by atoms with Crippen molar-refractivity contribution in [3.05, 3.63) is 40.5 Å². The highest BCUT2D eigenvalue weighted by Gasteiger charge is 2.05. The molecule has 1 heterocycles. The quantitative estimate of drug-likeness (QED) is 0.861. The standard InChI is InChI=1S/C15H19ClN4/c1-4-7-17-15-18-9-11(3)14(20-15)19-12-6-5-10(2)13(16)8-12/h5-6,8-9H,4,7H2,1-3H3,(H2,17,18,19,20). The minimum absolute atomic E-state index is 0.637. The van der Waals surface area contributed by atoms with E-state index in [1.165, 1.54) is 0 Å². The zero-order valence-corrected chi connectivity index (χ0v) is 12.8. The predicted molar refractivity (Wildman–Crippen MR) is 85.0 cm³/mol. The van der Waals surface area contributed by atoms with E-state index in [-0.39, 0.29) is 0 Å². The largest absolute Gasteiger partial charge is 0.354 e. The molecule has 4 nitrogen and oxygen atoms in total. The van der Waals surface area contributed by atoms with Gasteiger partial charge in [-0.15, -0.1) is 0 Å². The van der Waals surface area contributed by atoms with Gasteiger partial charge in [0.15, 0.2) is 0 Å².